The van der Waals surface area contributed by atoms with E-state index < -0.39 is 17.9 Å². The summed E-state index contributed by atoms with van der Waals surface area (Å²) in [6.07, 6.45) is 0.751. The molecule has 0 saturated carbocycles. The molecule has 1 rings (SSSR count). The number of hydrogen-bond donors (Lipinski definition) is 2. The smallest absolute Gasteiger partial charge is 0.326 e. The summed E-state index contributed by atoms with van der Waals surface area (Å²) < 4.78 is 0. The number of amides is 2. The molecular formula is C10H15N3O4. The van der Waals surface area contributed by atoms with Crippen LogP contribution in [0.2, 0.25) is 0 Å². The zero-order valence-corrected chi connectivity index (χ0v) is 9.77. The van der Waals surface area contributed by atoms with Gasteiger partial charge in [0.15, 0.2) is 0 Å². The van der Waals surface area contributed by atoms with Gasteiger partial charge in [-0.1, -0.05) is 6.92 Å². The Morgan fingerprint density at radius 3 is 2.65 bits per heavy atom. The minimum Gasteiger partial charge on any atom is -0.480 e. The van der Waals surface area contributed by atoms with Crippen molar-refractivity contribution in [3.8, 4) is 0 Å². The van der Waals surface area contributed by atoms with Crippen molar-refractivity contribution in [2.45, 2.75) is 32.2 Å². The van der Waals surface area contributed by atoms with Crippen LogP contribution in [0.4, 0.5) is 0 Å². The molecule has 2 N–H and O–H groups in total. The largest absolute Gasteiger partial charge is 0.480 e. The van der Waals surface area contributed by atoms with Gasteiger partial charge in [0.2, 0.25) is 5.91 Å². The minimum atomic E-state index is -1.08. The van der Waals surface area contributed by atoms with Crippen molar-refractivity contribution in [2.75, 3.05) is 7.05 Å². The molecule has 2 amide bonds. The van der Waals surface area contributed by atoms with Gasteiger partial charge in [0.05, 0.1) is 0 Å². The maximum Gasteiger partial charge on any atom is 0.326 e. The summed E-state index contributed by atoms with van der Waals surface area (Å²) in [6, 6.07) is -0.923. The molecule has 0 fully saturated rings. The summed E-state index contributed by atoms with van der Waals surface area (Å²) in [5.74, 6) is -1.77. The zero-order valence-electron chi connectivity index (χ0n) is 9.77. The van der Waals surface area contributed by atoms with Crippen molar-refractivity contribution in [3.05, 3.63) is 0 Å². The Labute approximate surface area is 98.5 Å². The third-order valence-electron chi connectivity index (χ3n) is 2.48. The van der Waals surface area contributed by atoms with E-state index in [-0.39, 0.29) is 24.5 Å². The lowest BCUT2D eigenvalue weighted by atomic mass is 10.1. The maximum atomic E-state index is 11.7. The molecule has 0 bridgehead atoms. The Morgan fingerprint density at radius 1 is 1.53 bits per heavy atom. The quantitative estimate of drug-likeness (QED) is 0.697. The molecule has 1 heterocycles. The lowest BCUT2D eigenvalue weighted by molar-refractivity contribution is -0.141. The van der Waals surface area contributed by atoms with Gasteiger partial charge in [0, 0.05) is 19.9 Å². The molecule has 0 aliphatic carbocycles. The third-order valence-corrected chi connectivity index (χ3v) is 2.48. The number of carbonyl (C=O) groups is 3. The van der Waals surface area contributed by atoms with E-state index in [1.165, 1.54) is 7.05 Å². The van der Waals surface area contributed by atoms with Gasteiger partial charge < -0.3 is 10.4 Å². The number of rotatable bonds is 4. The van der Waals surface area contributed by atoms with E-state index in [0.717, 1.165) is 5.01 Å². The summed E-state index contributed by atoms with van der Waals surface area (Å²) in [5, 5.41) is 16.1. The monoisotopic (exact) mass is 241 g/mol. The van der Waals surface area contributed by atoms with Crippen molar-refractivity contribution in [1.29, 1.82) is 0 Å². The molecule has 0 radical (unpaired) electrons. The van der Waals surface area contributed by atoms with Crippen LogP contribution in [0.3, 0.4) is 0 Å². The SMILES string of the molecule is CCC(NC(=O)C1=NN(C)C(=O)CC1)C(=O)O. The number of nitrogens with one attached hydrogen (secondary N) is 1. The van der Waals surface area contributed by atoms with Crippen molar-refractivity contribution < 1.29 is 19.5 Å². The topological polar surface area (TPSA) is 99.1 Å². The highest BCUT2D eigenvalue weighted by molar-refractivity contribution is 6.39. The molecular weight excluding hydrogens is 226 g/mol. The van der Waals surface area contributed by atoms with E-state index in [9.17, 15) is 14.4 Å². The zero-order chi connectivity index (χ0) is 13.0. The predicted molar refractivity (Wildman–Crippen MR) is 59.3 cm³/mol. The molecule has 0 spiro atoms. The van der Waals surface area contributed by atoms with E-state index in [1.807, 2.05) is 0 Å². The average molecular weight is 241 g/mol. The standard InChI is InChI=1S/C10H15N3O4/c1-3-6(10(16)17)11-9(15)7-4-5-8(14)13(2)12-7/h6H,3-5H2,1-2H3,(H,11,15)(H,16,17). The van der Waals surface area contributed by atoms with Gasteiger partial charge in [-0.2, -0.15) is 5.10 Å². The van der Waals surface area contributed by atoms with Crippen LogP contribution in [-0.4, -0.2) is 46.7 Å². The molecule has 1 aliphatic rings. The third kappa shape index (κ3) is 3.27. The molecule has 1 unspecified atom stereocenters. The first-order valence-corrected chi connectivity index (χ1v) is 5.33. The van der Waals surface area contributed by atoms with Crippen LogP contribution in [0.5, 0.6) is 0 Å². The first-order valence-electron chi connectivity index (χ1n) is 5.33. The summed E-state index contributed by atoms with van der Waals surface area (Å²) >= 11 is 0. The van der Waals surface area contributed by atoms with E-state index >= 15 is 0 Å². The van der Waals surface area contributed by atoms with Gasteiger partial charge in [0.25, 0.3) is 5.91 Å². The first kappa shape index (κ1) is 13.1. The first-order chi connectivity index (χ1) is 7.95. The fourth-order valence-corrected chi connectivity index (χ4v) is 1.41. The van der Waals surface area contributed by atoms with Crippen molar-refractivity contribution in [1.82, 2.24) is 10.3 Å². The van der Waals surface area contributed by atoms with Crippen molar-refractivity contribution >= 4 is 23.5 Å². The highest BCUT2D eigenvalue weighted by Crippen LogP contribution is 2.07. The molecule has 1 atom stereocenters. The molecule has 0 saturated heterocycles. The number of carboxylic acid groups (broad SMARTS) is 1. The van der Waals surface area contributed by atoms with Gasteiger partial charge in [-0.3, -0.25) is 9.59 Å². The Hall–Kier alpha value is -1.92. The van der Waals surface area contributed by atoms with Crippen molar-refractivity contribution in [3.63, 3.8) is 0 Å². The van der Waals surface area contributed by atoms with Gasteiger partial charge >= 0.3 is 5.97 Å². The summed E-state index contributed by atoms with van der Waals surface area (Å²) in [7, 11) is 1.46. The molecule has 94 valence electrons. The molecule has 0 aromatic heterocycles. The van der Waals surface area contributed by atoms with Crippen LogP contribution >= 0.6 is 0 Å². The Kier molecular flexibility index (Phi) is 4.19. The number of nitrogens with zero attached hydrogens (tertiary/aromatic N) is 2. The molecule has 17 heavy (non-hydrogen) atoms. The lowest BCUT2D eigenvalue weighted by Gasteiger charge is -2.20. The second-order valence-corrected chi connectivity index (χ2v) is 3.74. The van der Waals surface area contributed by atoms with Crippen LogP contribution < -0.4 is 5.32 Å². The van der Waals surface area contributed by atoms with E-state index in [1.54, 1.807) is 6.92 Å². The summed E-state index contributed by atoms with van der Waals surface area (Å²) in [6.45, 7) is 1.66. The number of hydrazone groups is 1. The number of carboxylic acids is 1. The Balaban J connectivity index is 2.68. The summed E-state index contributed by atoms with van der Waals surface area (Å²) in [5.41, 5.74) is 0.187. The molecule has 7 heteroatoms. The van der Waals surface area contributed by atoms with Gasteiger partial charge in [-0.25, -0.2) is 9.80 Å². The highest BCUT2D eigenvalue weighted by atomic mass is 16.4. The number of aliphatic carboxylic acids is 1. The highest BCUT2D eigenvalue weighted by Gasteiger charge is 2.25. The predicted octanol–water partition coefficient (Wildman–Crippen LogP) is -0.426. The van der Waals surface area contributed by atoms with E-state index in [2.05, 4.69) is 10.4 Å². The van der Waals surface area contributed by atoms with Gasteiger partial charge in [0.1, 0.15) is 11.8 Å². The van der Waals surface area contributed by atoms with E-state index in [4.69, 9.17) is 5.11 Å². The Bertz CT molecular complexity index is 378. The van der Waals surface area contributed by atoms with E-state index in [0.29, 0.717) is 6.42 Å². The maximum absolute atomic E-state index is 11.7. The molecule has 0 aromatic rings. The molecule has 1 aliphatic heterocycles. The molecule has 7 nitrogen and oxygen atoms in total. The fourth-order valence-electron chi connectivity index (χ4n) is 1.41. The van der Waals surface area contributed by atoms with Crippen LogP contribution in [0.25, 0.3) is 0 Å². The normalized spacial score (nSPS) is 17.4. The lowest BCUT2D eigenvalue weighted by Crippen LogP contribution is -2.45. The Morgan fingerprint density at radius 2 is 2.18 bits per heavy atom. The van der Waals surface area contributed by atoms with Crippen LogP contribution in [0, 0.1) is 0 Å². The average Bonchev–Trinajstić information content (AvgIpc) is 2.28. The van der Waals surface area contributed by atoms with Gasteiger partial charge in [-0.05, 0) is 6.42 Å². The number of hydrogen-bond acceptors (Lipinski definition) is 4. The van der Waals surface area contributed by atoms with Crippen molar-refractivity contribution in [2.24, 2.45) is 5.10 Å². The second kappa shape index (κ2) is 5.42. The minimum absolute atomic E-state index is 0.160. The summed E-state index contributed by atoms with van der Waals surface area (Å²) in [4.78, 5) is 33.6. The van der Waals surface area contributed by atoms with Crippen LogP contribution in [-0.2, 0) is 14.4 Å². The molecule has 0 aromatic carbocycles. The van der Waals surface area contributed by atoms with Crippen LogP contribution in [0.1, 0.15) is 26.2 Å². The fraction of sp³-hybridized carbons (Fsp3) is 0.600. The van der Waals surface area contributed by atoms with Gasteiger partial charge in [-0.15, -0.1) is 0 Å². The second-order valence-electron chi connectivity index (χ2n) is 3.74. The van der Waals surface area contributed by atoms with Crippen LogP contribution in [0.15, 0.2) is 5.10 Å². The number of carbonyl (C=O) groups excluding carboxylic acids is 2.